The number of nitro groups is 1. The summed E-state index contributed by atoms with van der Waals surface area (Å²) >= 11 is 9.50. The van der Waals surface area contributed by atoms with Crippen LogP contribution >= 0.6 is 27.5 Å². The number of aromatic nitrogens is 4. The van der Waals surface area contributed by atoms with Crippen molar-refractivity contribution in [3.05, 3.63) is 48.3 Å². The zero-order valence-corrected chi connectivity index (χ0v) is 17.1. The molecule has 0 aliphatic rings. The molecule has 0 unspecified atom stereocenters. The SMILES string of the molecule is Cc1c(Cl)c(C)[n+]([O-])c(Br)c1-c1nnc(-c2cc(O)c(O)c([N+](=O)[O-])c2)n1C. The van der Waals surface area contributed by atoms with Crippen LogP contribution in [0.2, 0.25) is 5.02 Å². The number of hydrogen-bond acceptors (Lipinski definition) is 7. The number of nitro benzene ring substituents is 1. The molecule has 10 nitrogen and oxygen atoms in total. The summed E-state index contributed by atoms with van der Waals surface area (Å²) in [6.07, 6.45) is 0. The first-order valence-electron chi connectivity index (χ1n) is 7.74. The zero-order chi connectivity index (χ0) is 20.9. The molecule has 0 aliphatic heterocycles. The van der Waals surface area contributed by atoms with E-state index >= 15 is 0 Å². The van der Waals surface area contributed by atoms with Gasteiger partial charge >= 0.3 is 5.69 Å². The average molecular weight is 471 g/mol. The fraction of sp³-hybridized carbons (Fsp3) is 0.188. The fourth-order valence-electron chi connectivity index (χ4n) is 2.80. The van der Waals surface area contributed by atoms with Gasteiger partial charge in [0.05, 0.1) is 4.92 Å². The van der Waals surface area contributed by atoms with Gasteiger partial charge in [0.25, 0.3) is 4.60 Å². The maximum atomic E-state index is 12.3. The van der Waals surface area contributed by atoms with E-state index in [4.69, 9.17) is 11.6 Å². The molecule has 0 fully saturated rings. The minimum Gasteiger partial charge on any atom is -0.618 e. The number of aromatic hydroxyl groups is 2. The fourth-order valence-corrected chi connectivity index (χ4v) is 3.72. The molecule has 0 atom stereocenters. The highest BCUT2D eigenvalue weighted by Gasteiger charge is 2.27. The lowest BCUT2D eigenvalue weighted by atomic mass is 10.1. The molecule has 0 saturated carbocycles. The standard InChI is InChI=1S/C16H13BrClN5O5/c1-6-11(14(17)22(26)7(2)12(6)18)16-20-19-15(21(16)3)8-4-9(23(27)28)13(25)10(24)5-8/h4-5,24-25H,1-3H3. The Kier molecular flexibility index (Phi) is 4.90. The van der Waals surface area contributed by atoms with Crippen LogP contribution in [0.5, 0.6) is 11.5 Å². The topological polar surface area (TPSA) is 141 Å². The monoisotopic (exact) mass is 469 g/mol. The molecule has 0 bridgehead atoms. The molecular formula is C16H13BrClN5O5. The van der Waals surface area contributed by atoms with Crippen LogP contribution in [0.3, 0.4) is 0 Å². The third-order valence-corrected chi connectivity index (χ3v) is 5.61. The van der Waals surface area contributed by atoms with E-state index < -0.39 is 22.1 Å². The third kappa shape index (κ3) is 2.92. The summed E-state index contributed by atoms with van der Waals surface area (Å²) in [6, 6.07) is 2.20. The Morgan fingerprint density at radius 1 is 1.25 bits per heavy atom. The summed E-state index contributed by atoms with van der Waals surface area (Å²) in [5.74, 6) is -1.05. The highest BCUT2D eigenvalue weighted by molar-refractivity contribution is 9.10. The van der Waals surface area contributed by atoms with Crippen LogP contribution in [0, 0.1) is 29.2 Å². The van der Waals surface area contributed by atoms with E-state index in [1.54, 1.807) is 20.9 Å². The molecule has 2 heterocycles. The summed E-state index contributed by atoms with van der Waals surface area (Å²) in [6.45, 7) is 3.30. The number of nitrogens with zero attached hydrogens (tertiary/aromatic N) is 5. The van der Waals surface area contributed by atoms with Crippen LogP contribution in [0.1, 0.15) is 11.3 Å². The molecular weight excluding hydrogens is 458 g/mol. The van der Waals surface area contributed by atoms with Crippen LogP contribution in [0.25, 0.3) is 22.8 Å². The third-order valence-electron chi connectivity index (χ3n) is 4.33. The van der Waals surface area contributed by atoms with Gasteiger partial charge in [-0.1, -0.05) is 11.6 Å². The van der Waals surface area contributed by atoms with E-state index in [0.717, 1.165) is 12.1 Å². The second kappa shape index (κ2) is 6.91. The van der Waals surface area contributed by atoms with Crippen molar-refractivity contribution >= 4 is 33.2 Å². The molecule has 0 amide bonds. The Bertz CT molecular complexity index is 1120. The summed E-state index contributed by atoms with van der Waals surface area (Å²) in [5.41, 5.74) is 0.804. The Labute approximate surface area is 171 Å². The minimum absolute atomic E-state index is 0.158. The lowest BCUT2D eigenvalue weighted by Crippen LogP contribution is -2.33. The number of pyridine rings is 1. The van der Waals surface area contributed by atoms with E-state index in [0.29, 0.717) is 21.6 Å². The normalized spacial score (nSPS) is 11.0. The largest absolute Gasteiger partial charge is 0.618 e. The molecule has 3 rings (SSSR count). The number of rotatable bonds is 3. The highest BCUT2D eigenvalue weighted by Crippen LogP contribution is 2.40. The summed E-state index contributed by atoms with van der Waals surface area (Å²) < 4.78 is 2.30. The predicted molar refractivity (Wildman–Crippen MR) is 103 cm³/mol. The molecule has 0 radical (unpaired) electrons. The van der Waals surface area contributed by atoms with E-state index in [2.05, 4.69) is 26.1 Å². The van der Waals surface area contributed by atoms with Gasteiger partial charge < -0.3 is 20.0 Å². The van der Waals surface area contributed by atoms with Gasteiger partial charge in [-0.15, -0.1) is 10.2 Å². The summed E-state index contributed by atoms with van der Waals surface area (Å²) in [5, 5.41) is 51.3. The van der Waals surface area contributed by atoms with E-state index in [1.807, 2.05) is 0 Å². The van der Waals surface area contributed by atoms with Crippen LogP contribution in [-0.2, 0) is 7.05 Å². The van der Waals surface area contributed by atoms with Crippen molar-refractivity contribution in [2.75, 3.05) is 0 Å². The van der Waals surface area contributed by atoms with Gasteiger partial charge in [-0.2, -0.15) is 4.73 Å². The molecule has 2 aromatic heterocycles. The lowest BCUT2D eigenvalue weighted by molar-refractivity contribution is -0.623. The molecule has 28 heavy (non-hydrogen) atoms. The number of phenolic OH excluding ortho intramolecular Hbond substituents is 2. The Balaban J connectivity index is 2.25. The zero-order valence-electron chi connectivity index (χ0n) is 14.8. The Morgan fingerprint density at radius 3 is 2.46 bits per heavy atom. The smallest absolute Gasteiger partial charge is 0.315 e. The Hall–Kier alpha value is -2.92. The van der Waals surface area contributed by atoms with Gasteiger partial charge in [-0.3, -0.25) is 10.1 Å². The summed E-state index contributed by atoms with van der Waals surface area (Å²) in [4.78, 5) is 10.3. The number of halogens is 2. The van der Waals surface area contributed by atoms with Gasteiger partial charge in [0.1, 0.15) is 10.6 Å². The van der Waals surface area contributed by atoms with Crippen LogP contribution in [0.15, 0.2) is 16.7 Å². The second-order valence-electron chi connectivity index (χ2n) is 6.01. The van der Waals surface area contributed by atoms with Crippen molar-refractivity contribution in [3.8, 4) is 34.3 Å². The van der Waals surface area contributed by atoms with Crippen molar-refractivity contribution in [2.24, 2.45) is 7.05 Å². The van der Waals surface area contributed by atoms with E-state index in [-0.39, 0.29) is 26.8 Å². The lowest BCUT2D eigenvalue weighted by Gasteiger charge is -2.13. The first-order chi connectivity index (χ1) is 13.1. The number of benzene rings is 1. The van der Waals surface area contributed by atoms with Crippen molar-refractivity contribution < 1.29 is 19.9 Å². The van der Waals surface area contributed by atoms with Crippen LogP contribution in [0.4, 0.5) is 5.69 Å². The molecule has 3 aromatic rings. The van der Waals surface area contributed by atoms with Gasteiger partial charge in [0.15, 0.2) is 17.4 Å². The van der Waals surface area contributed by atoms with Gasteiger partial charge in [0.2, 0.25) is 11.4 Å². The minimum atomic E-state index is -0.840. The van der Waals surface area contributed by atoms with Gasteiger partial charge in [-0.25, -0.2) is 0 Å². The first-order valence-corrected chi connectivity index (χ1v) is 8.91. The van der Waals surface area contributed by atoms with Crippen molar-refractivity contribution in [1.82, 2.24) is 14.8 Å². The highest BCUT2D eigenvalue weighted by atomic mass is 79.9. The van der Waals surface area contributed by atoms with E-state index in [9.17, 15) is 25.5 Å². The molecule has 0 spiro atoms. The first kappa shape index (κ1) is 19.8. The Morgan fingerprint density at radius 2 is 1.86 bits per heavy atom. The number of phenols is 2. The number of hydrogen-bond donors (Lipinski definition) is 2. The van der Waals surface area contributed by atoms with Crippen molar-refractivity contribution in [3.63, 3.8) is 0 Å². The average Bonchev–Trinajstić information content (AvgIpc) is 3.02. The van der Waals surface area contributed by atoms with Crippen molar-refractivity contribution in [1.29, 1.82) is 0 Å². The van der Waals surface area contributed by atoms with E-state index in [1.165, 1.54) is 4.57 Å². The van der Waals surface area contributed by atoms with Gasteiger partial charge in [0, 0.05) is 41.5 Å². The quantitative estimate of drug-likeness (QED) is 0.149. The predicted octanol–water partition coefficient (Wildman–Crippen LogP) is 3.13. The molecule has 12 heteroatoms. The second-order valence-corrected chi connectivity index (χ2v) is 7.14. The maximum absolute atomic E-state index is 12.3. The van der Waals surface area contributed by atoms with Crippen LogP contribution in [-0.4, -0.2) is 29.9 Å². The maximum Gasteiger partial charge on any atom is 0.315 e. The van der Waals surface area contributed by atoms with Crippen molar-refractivity contribution in [2.45, 2.75) is 13.8 Å². The van der Waals surface area contributed by atoms with Gasteiger partial charge in [-0.05, 0) is 18.6 Å². The molecule has 1 aromatic carbocycles. The molecule has 0 saturated heterocycles. The molecule has 2 N–H and O–H groups in total. The van der Waals surface area contributed by atoms with Crippen LogP contribution < -0.4 is 4.73 Å². The summed E-state index contributed by atoms with van der Waals surface area (Å²) in [7, 11) is 1.59. The molecule has 146 valence electrons. The molecule has 0 aliphatic carbocycles.